The molecule has 3 aromatic rings. The zero-order valence-corrected chi connectivity index (χ0v) is 25.5. The number of rotatable bonds is 8. The van der Waals surface area contributed by atoms with Gasteiger partial charge in [0, 0.05) is 29.2 Å². The van der Waals surface area contributed by atoms with Gasteiger partial charge < -0.3 is 38.9 Å². The molecule has 0 spiro atoms. The quantitative estimate of drug-likeness (QED) is 0.208. The molecule has 0 aliphatic carbocycles. The Hall–Kier alpha value is -3.93. The molecule has 2 N–H and O–H groups in total. The molecule has 5 rings (SSSR count). The molecule has 12 heteroatoms. The molecule has 0 bridgehead atoms. The Kier molecular flexibility index (Phi) is 7.31. The maximum atomic E-state index is 14.1. The highest BCUT2D eigenvalue weighted by Gasteiger charge is 2.53. The van der Waals surface area contributed by atoms with Gasteiger partial charge in [0.2, 0.25) is 11.5 Å². The largest absolute Gasteiger partial charge is 0.493 e. The van der Waals surface area contributed by atoms with Crippen molar-refractivity contribution in [1.82, 2.24) is 4.98 Å². The van der Waals surface area contributed by atoms with Crippen LogP contribution in [0.5, 0.6) is 23.0 Å². The summed E-state index contributed by atoms with van der Waals surface area (Å²) in [5.41, 5.74) is 1.23. The number of aromatic amines is 1. The van der Waals surface area contributed by atoms with Gasteiger partial charge in [-0.15, -0.1) is 0 Å². The van der Waals surface area contributed by atoms with Crippen LogP contribution in [0.1, 0.15) is 53.1 Å². The fraction of sp³-hybridized carbons (Fsp3) is 0.414. The van der Waals surface area contributed by atoms with Crippen molar-refractivity contribution < 1.29 is 38.1 Å². The Morgan fingerprint density at radius 3 is 2.37 bits per heavy atom. The molecule has 1 aromatic heterocycles. The number of hydrogen-bond acceptors (Lipinski definition) is 9. The van der Waals surface area contributed by atoms with Crippen LogP contribution in [0, 0.1) is 0 Å². The van der Waals surface area contributed by atoms with Crippen molar-refractivity contribution in [1.29, 1.82) is 0 Å². The molecule has 41 heavy (non-hydrogen) atoms. The predicted octanol–water partition coefficient (Wildman–Crippen LogP) is 4.66. The van der Waals surface area contributed by atoms with E-state index in [0.717, 1.165) is 0 Å². The van der Waals surface area contributed by atoms with Gasteiger partial charge in [-0.2, -0.15) is 0 Å². The highest BCUT2D eigenvalue weighted by atomic mass is 79.9. The van der Waals surface area contributed by atoms with Crippen LogP contribution < -0.4 is 29.2 Å². The van der Waals surface area contributed by atoms with Gasteiger partial charge in [-0.3, -0.25) is 9.59 Å². The summed E-state index contributed by atoms with van der Waals surface area (Å²) in [5.74, 6) is -0.0231. The summed E-state index contributed by atoms with van der Waals surface area (Å²) < 4.78 is 27.6. The van der Waals surface area contributed by atoms with Crippen molar-refractivity contribution in [3.8, 4) is 23.0 Å². The summed E-state index contributed by atoms with van der Waals surface area (Å²) >= 11 is 3.57. The molecule has 0 saturated carbocycles. The third-order valence-electron chi connectivity index (χ3n) is 7.51. The highest BCUT2D eigenvalue weighted by Crippen LogP contribution is 2.52. The minimum absolute atomic E-state index is 0.222. The number of aromatic nitrogens is 1. The fourth-order valence-electron chi connectivity index (χ4n) is 5.64. The van der Waals surface area contributed by atoms with Gasteiger partial charge >= 0.3 is 5.97 Å². The van der Waals surface area contributed by atoms with E-state index in [4.69, 9.17) is 23.7 Å². The summed E-state index contributed by atoms with van der Waals surface area (Å²) in [6, 6.07) is 5.25. The van der Waals surface area contributed by atoms with Crippen LogP contribution in [-0.4, -0.2) is 74.6 Å². The summed E-state index contributed by atoms with van der Waals surface area (Å²) in [4.78, 5) is 45.5. The Morgan fingerprint density at radius 2 is 1.78 bits per heavy atom. The SMILES string of the molecule is COC(=O)[C@]1(C)Nc2c(OC(C)C)cc3c(c2C1=O)[C@H](CBr)CN3C(=O)c1cc2cc(OC)c(OC)c(OC)c2[nH]1. The van der Waals surface area contributed by atoms with E-state index < -0.39 is 17.3 Å². The minimum atomic E-state index is -1.62. The van der Waals surface area contributed by atoms with Gasteiger partial charge in [0.25, 0.3) is 5.91 Å². The molecule has 2 atom stereocenters. The monoisotopic (exact) mass is 629 g/mol. The fourth-order valence-corrected chi connectivity index (χ4v) is 6.17. The molecule has 0 unspecified atom stereocenters. The lowest BCUT2D eigenvalue weighted by atomic mass is 9.89. The Labute approximate surface area is 245 Å². The number of nitrogens with one attached hydrogen (secondary N) is 2. The summed E-state index contributed by atoms with van der Waals surface area (Å²) in [6.45, 7) is 5.52. The second kappa shape index (κ2) is 10.5. The average Bonchev–Trinajstić information content (AvgIpc) is 3.63. The van der Waals surface area contributed by atoms with Crippen LogP contribution in [0.15, 0.2) is 18.2 Å². The first kappa shape index (κ1) is 28.6. The molecule has 0 fully saturated rings. The first-order valence-corrected chi connectivity index (χ1v) is 14.1. The maximum absolute atomic E-state index is 14.1. The number of hydrogen-bond donors (Lipinski definition) is 2. The number of ketones is 1. The Bertz CT molecular complexity index is 1580. The number of ether oxygens (including phenoxy) is 5. The summed E-state index contributed by atoms with van der Waals surface area (Å²) in [7, 11) is 5.80. The first-order valence-electron chi connectivity index (χ1n) is 13.0. The lowest BCUT2D eigenvalue weighted by Crippen LogP contribution is -2.47. The van der Waals surface area contributed by atoms with Crippen LogP contribution in [0.3, 0.4) is 0 Å². The number of alkyl halides is 1. The molecule has 0 radical (unpaired) electrons. The lowest BCUT2D eigenvalue weighted by molar-refractivity contribution is -0.143. The third-order valence-corrected chi connectivity index (χ3v) is 8.29. The van der Waals surface area contributed by atoms with Gasteiger partial charge in [0.15, 0.2) is 17.0 Å². The number of carbonyl (C=O) groups excluding carboxylic acids is 3. The molecule has 2 aliphatic heterocycles. The average molecular weight is 630 g/mol. The van der Waals surface area contributed by atoms with E-state index in [2.05, 4.69) is 26.2 Å². The van der Waals surface area contributed by atoms with Crippen molar-refractivity contribution in [2.24, 2.45) is 0 Å². The number of anilines is 2. The van der Waals surface area contributed by atoms with Crippen molar-refractivity contribution in [2.75, 3.05) is 50.5 Å². The Morgan fingerprint density at radius 1 is 1.07 bits per heavy atom. The van der Waals surface area contributed by atoms with Crippen LogP contribution >= 0.6 is 15.9 Å². The van der Waals surface area contributed by atoms with Crippen molar-refractivity contribution >= 4 is 55.9 Å². The van der Waals surface area contributed by atoms with Crippen LogP contribution in [-0.2, 0) is 9.53 Å². The van der Waals surface area contributed by atoms with E-state index >= 15 is 0 Å². The molecule has 0 saturated heterocycles. The number of amides is 1. The minimum Gasteiger partial charge on any atom is -0.493 e. The van der Waals surface area contributed by atoms with Crippen LogP contribution in [0.2, 0.25) is 0 Å². The van der Waals surface area contributed by atoms with Crippen molar-refractivity contribution in [3.63, 3.8) is 0 Å². The molecular formula is C29H32BrN3O8. The number of benzene rings is 2. The number of nitrogens with zero attached hydrogens (tertiary/aromatic N) is 1. The molecular weight excluding hydrogens is 598 g/mol. The van der Waals surface area contributed by atoms with Crippen LogP contribution in [0.4, 0.5) is 11.4 Å². The van der Waals surface area contributed by atoms with Gasteiger partial charge in [-0.1, -0.05) is 15.9 Å². The highest BCUT2D eigenvalue weighted by molar-refractivity contribution is 9.09. The lowest BCUT2D eigenvalue weighted by Gasteiger charge is -2.21. The van der Waals surface area contributed by atoms with Crippen molar-refractivity contribution in [3.05, 3.63) is 35.0 Å². The number of Topliss-reactive ketones (excluding diaryl/α,β-unsaturated/α-hetero) is 1. The number of carbonyl (C=O) groups is 3. The number of esters is 1. The van der Waals surface area contributed by atoms with Gasteiger partial charge in [0.05, 0.1) is 57.0 Å². The van der Waals surface area contributed by atoms with E-state index in [-0.39, 0.29) is 17.9 Å². The summed E-state index contributed by atoms with van der Waals surface area (Å²) in [5, 5.41) is 4.26. The van der Waals surface area contributed by atoms with Gasteiger partial charge in [0.1, 0.15) is 11.4 Å². The van der Waals surface area contributed by atoms with Gasteiger partial charge in [-0.25, -0.2) is 4.79 Å². The van der Waals surface area contributed by atoms with Crippen LogP contribution in [0.25, 0.3) is 10.9 Å². The number of methoxy groups -OCH3 is 4. The number of halogens is 1. The molecule has 2 aliphatic rings. The normalized spacial score (nSPS) is 19.2. The van der Waals surface area contributed by atoms with Crippen molar-refractivity contribution in [2.45, 2.75) is 38.3 Å². The maximum Gasteiger partial charge on any atom is 0.339 e. The molecule has 1 amide bonds. The third kappa shape index (κ3) is 4.27. The van der Waals surface area contributed by atoms with E-state index in [1.54, 1.807) is 23.1 Å². The topological polar surface area (TPSA) is 128 Å². The summed E-state index contributed by atoms with van der Waals surface area (Å²) in [6.07, 6.45) is -0.234. The molecule has 2 aromatic carbocycles. The number of fused-ring (bicyclic) bond motifs is 4. The molecule has 218 valence electrons. The predicted molar refractivity (Wildman–Crippen MR) is 157 cm³/mol. The molecule has 3 heterocycles. The smallest absolute Gasteiger partial charge is 0.339 e. The van der Waals surface area contributed by atoms with E-state index in [1.165, 1.54) is 35.4 Å². The molecule has 11 nitrogen and oxygen atoms in total. The second-order valence-electron chi connectivity index (χ2n) is 10.4. The zero-order chi connectivity index (χ0) is 29.8. The second-order valence-corrected chi connectivity index (χ2v) is 11.0. The first-order chi connectivity index (χ1) is 19.5. The van der Waals surface area contributed by atoms with E-state index in [9.17, 15) is 14.4 Å². The Balaban J connectivity index is 1.67. The number of H-pyrrole nitrogens is 1. The standard InChI is InChI=1S/C29H32BrN3O8/c1-13(2)41-18-10-17-20(21-23(18)32-29(3,26(21)34)28(36)40-7)15(11-30)12-33(17)27(35)16-8-14-9-19(37-4)24(38-5)25(39-6)22(14)31-16/h8-10,13,15,31-32H,11-12H2,1-7H3/t15-,29-/m1/s1. The van der Waals surface area contributed by atoms with Gasteiger partial charge in [-0.05, 0) is 38.5 Å². The zero-order valence-electron chi connectivity index (χ0n) is 23.9. The van der Waals surface area contributed by atoms with E-state index in [0.29, 0.717) is 74.0 Å². The van der Waals surface area contributed by atoms with E-state index in [1.807, 2.05) is 13.8 Å².